The zero-order valence-corrected chi connectivity index (χ0v) is 15.6. The molecule has 1 N–H and O–H groups in total. The summed E-state index contributed by atoms with van der Waals surface area (Å²) in [4.78, 5) is 24.6. The molecule has 0 aromatic heterocycles. The van der Waals surface area contributed by atoms with Crippen molar-refractivity contribution in [1.29, 1.82) is 0 Å². The first kappa shape index (κ1) is 19.5. The highest BCUT2D eigenvalue weighted by molar-refractivity contribution is 5.93. The average Bonchev–Trinajstić information content (AvgIpc) is 2.59. The highest BCUT2D eigenvalue weighted by atomic mass is 16.5. The minimum atomic E-state index is -0.884. The molecule has 0 heterocycles. The van der Waals surface area contributed by atoms with E-state index < -0.39 is 12.1 Å². The van der Waals surface area contributed by atoms with E-state index in [1.807, 2.05) is 57.2 Å². The van der Waals surface area contributed by atoms with Crippen LogP contribution in [-0.2, 0) is 16.1 Å². The Morgan fingerprint density at radius 1 is 1.00 bits per heavy atom. The lowest BCUT2D eigenvalue weighted by Gasteiger charge is -2.23. The number of benzene rings is 2. The van der Waals surface area contributed by atoms with Crippen LogP contribution in [0, 0.1) is 0 Å². The summed E-state index contributed by atoms with van der Waals surface area (Å²) in [6.45, 7) is 7.40. The molecule has 0 saturated heterocycles. The number of nitrogens with one attached hydrogen (secondary N) is 1. The van der Waals surface area contributed by atoms with E-state index in [4.69, 9.17) is 9.47 Å². The van der Waals surface area contributed by atoms with Gasteiger partial charge < -0.3 is 14.8 Å². The summed E-state index contributed by atoms with van der Waals surface area (Å²) in [5, 5.41) is 2.80. The van der Waals surface area contributed by atoms with Crippen molar-refractivity contribution in [2.24, 2.45) is 0 Å². The van der Waals surface area contributed by atoms with Crippen LogP contribution in [0.4, 0.5) is 0 Å². The van der Waals surface area contributed by atoms with Gasteiger partial charge in [0.2, 0.25) is 0 Å². The van der Waals surface area contributed by atoms with Crippen LogP contribution in [-0.4, -0.2) is 23.5 Å². The molecule has 5 heteroatoms. The second-order valence-corrected chi connectivity index (χ2v) is 7.05. The molecule has 0 spiro atoms. The third-order valence-electron chi connectivity index (χ3n) is 3.53. The van der Waals surface area contributed by atoms with Crippen molar-refractivity contribution in [2.75, 3.05) is 0 Å². The fourth-order valence-corrected chi connectivity index (χ4v) is 2.27. The molecule has 1 amide bonds. The normalized spacial score (nSPS) is 12.2. The van der Waals surface area contributed by atoms with Gasteiger partial charge in [-0.05, 0) is 45.9 Å². The Morgan fingerprint density at radius 2 is 1.62 bits per heavy atom. The van der Waals surface area contributed by atoms with Crippen LogP contribution >= 0.6 is 0 Å². The van der Waals surface area contributed by atoms with E-state index in [9.17, 15) is 9.59 Å². The number of hydrogen-bond acceptors (Lipinski definition) is 4. The summed E-state index contributed by atoms with van der Waals surface area (Å²) in [5.41, 5.74) is 0.697. The van der Waals surface area contributed by atoms with Crippen LogP contribution in [0.2, 0.25) is 0 Å². The number of esters is 1. The summed E-state index contributed by atoms with van der Waals surface area (Å²) < 4.78 is 11.0. The molecule has 138 valence electrons. The van der Waals surface area contributed by atoms with E-state index in [1.54, 1.807) is 25.1 Å². The van der Waals surface area contributed by atoms with Gasteiger partial charge >= 0.3 is 5.97 Å². The fraction of sp³-hybridized carbons (Fsp3) is 0.333. The molecule has 1 atom stereocenters. The Balaban J connectivity index is 2.03. The summed E-state index contributed by atoms with van der Waals surface area (Å²) in [7, 11) is 0. The third kappa shape index (κ3) is 5.92. The molecule has 0 bridgehead atoms. The van der Waals surface area contributed by atoms with Crippen molar-refractivity contribution >= 4 is 11.9 Å². The molecule has 2 rings (SSSR count). The van der Waals surface area contributed by atoms with Crippen LogP contribution in [0.25, 0.3) is 0 Å². The van der Waals surface area contributed by atoms with E-state index in [-0.39, 0.29) is 18.1 Å². The van der Waals surface area contributed by atoms with E-state index in [1.165, 1.54) is 0 Å². The maximum absolute atomic E-state index is 12.5. The molecule has 5 nitrogen and oxygen atoms in total. The Morgan fingerprint density at radius 3 is 2.27 bits per heavy atom. The van der Waals surface area contributed by atoms with Gasteiger partial charge in [0.25, 0.3) is 5.91 Å². The van der Waals surface area contributed by atoms with Crippen molar-refractivity contribution in [2.45, 2.75) is 45.9 Å². The first-order chi connectivity index (χ1) is 12.3. The van der Waals surface area contributed by atoms with Crippen molar-refractivity contribution in [3.05, 3.63) is 65.7 Å². The number of hydrogen-bond donors (Lipinski definition) is 1. The number of para-hydroxylation sites is 1. The van der Waals surface area contributed by atoms with Gasteiger partial charge in [0.1, 0.15) is 12.4 Å². The minimum absolute atomic E-state index is 0.234. The van der Waals surface area contributed by atoms with E-state index in [0.29, 0.717) is 16.9 Å². The summed E-state index contributed by atoms with van der Waals surface area (Å²) >= 11 is 0. The Labute approximate surface area is 154 Å². The molecule has 0 aliphatic rings. The molecule has 0 fully saturated rings. The molecule has 0 aliphatic heterocycles. The van der Waals surface area contributed by atoms with E-state index in [0.717, 1.165) is 0 Å². The lowest BCUT2D eigenvalue weighted by molar-refractivity contribution is -0.130. The highest BCUT2D eigenvalue weighted by Gasteiger charge is 2.23. The van der Waals surface area contributed by atoms with Crippen LogP contribution in [0.1, 0.15) is 43.6 Å². The maximum atomic E-state index is 12.5. The largest absolute Gasteiger partial charge is 0.489 e. The summed E-state index contributed by atoms with van der Waals surface area (Å²) in [6.07, 6.45) is -0.884. The van der Waals surface area contributed by atoms with Gasteiger partial charge in [-0.3, -0.25) is 4.79 Å². The zero-order chi connectivity index (χ0) is 19.2. The third-order valence-corrected chi connectivity index (χ3v) is 3.53. The Bertz CT molecular complexity index is 750. The van der Waals surface area contributed by atoms with E-state index in [2.05, 4.69) is 5.32 Å². The number of rotatable bonds is 6. The van der Waals surface area contributed by atoms with E-state index >= 15 is 0 Å². The van der Waals surface area contributed by atoms with Crippen molar-refractivity contribution in [1.82, 2.24) is 5.32 Å². The molecule has 0 saturated carbocycles. The number of ether oxygens (including phenoxy) is 2. The molecule has 26 heavy (non-hydrogen) atoms. The number of carbonyl (C=O) groups excluding carboxylic acids is 2. The summed E-state index contributed by atoms with van der Waals surface area (Å²) in [6, 6.07) is 16.4. The monoisotopic (exact) mass is 355 g/mol. The molecule has 2 aromatic carbocycles. The maximum Gasteiger partial charge on any atom is 0.339 e. The lowest BCUT2D eigenvalue weighted by Crippen LogP contribution is -2.46. The fourth-order valence-electron chi connectivity index (χ4n) is 2.27. The first-order valence-electron chi connectivity index (χ1n) is 8.55. The lowest BCUT2D eigenvalue weighted by atomic mass is 10.1. The molecule has 2 aromatic rings. The predicted octanol–water partition coefficient (Wildman–Crippen LogP) is 3.73. The highest BCUT2D eigenvalue weighted by Crippen LogP contribution is 2.16. The number of carbonyl (C=O) groups is 2. The first-order valence-corrected chi connectivity index (χ1v) is 8.55. The van der Waals surface area contributed by atoms with Gasteiger partial charge in [0.05, 0.1) is 5.56 Å². The SMILES string of the molecule is C[C@@H](OC(=O)c1ccccc1COc1ccccc1)C(=O)NC(C)(C)C. The average molecular weight is 355 g/mol. The smallest absolute Gasteiger partial charge is 0.339 e. The minimum Gasteiger partial charge on any atom is -0.489 e. The van der Waals surface area contributed by atoms with Gasteiger partial charge in [0, 0.05) is 11.1 Å². The van der Waals surface area contributed by atoms with Crippen LogP contribution in [0.3, 0.4) is 0 Å². The Kier molecular flexibility index (Phi) is 6.39. The Hall–Kier alpha value is -2.82. The van der Waals surface area contributed by atoms with Gasteiger partial charge in [-0.15, -0.1) is 0 Å². The van der Waals surface area contributed by atoms with Crippen LogP contribution < -0.4 is 10.1 Å². The second kappa shape index (κ2) is 8.52. The molecule has 0 unspecified atom stereocenters. The van der Waals surface area contributed by atoms with Gasteiger partial charge in [-0.25, -0.2) is 4.79 Å². The van der Waals surface area contributed by atoms with Crippen LogP contribution in [0.5, 0.6) is 5.75 Å². The molecule has 0 aliphatic carbocycles. The molecule has 0 radical (unpaired) electrons. The van der Waals surface area contributed by atoms with Gasteiger partial charge in [0.15, 0.2) is 6.10 Å². The number of amides is 1. The quantitative estimate of drug-likeness (QED) is 0.802. The van der Waals surface area contributed by atoms with Crippen molar-refractivity contribution in [3.63, 3.8) is 0 Å². The van der Waals surface area contributed by atoms with Crippen molar-refractivity contribution in [3.8, 4) is 5.75 Å². The zero-order valence-electron chi connectivity index (χ0n) is 15.6. The van der Waals surface area contributed by atoms with Crippen molar-refractivity contribution < 1.29 is 19.1 Å². The van der Waals surface area contributed by atoms with Crippen LogP contribution in [0.15, 0.2) is 54.6 Å². The predicted molar refractivity (Wildman–Crippen MR) is 100.0 cm³/mol. The van der Waals surface area contributed by atoms with Gasteiger partial charge in [-0.2, -0.15) is 0 Å². The van der Waals surface area contributed by atoms with Gasteiger partial charge in [-0.1, -0.05) is 36.4 Å². The molecular weight excluding hydrogens is 330 g/mol. The second-order valence-electron chi connectivity index (χ2n) is 7.05. The molecular formula is C21H25NO4. The topological polar surface area (TPSA) is 64.6 Å². The standard InChI is InChI=1S/C21H25NO4/c1-15(19(23)22-21(2,3)4)26-20(24)18-13-9-8-10-16(18)14-25-17-11-6-5-7-12-17/h5-13,15H,14H2,1-4H3,(H,22,23)/t15-/m1/s1. The summed E-state index contributed by atoms with van der Waals surface area (Å²) in [5.74, 6) is -0.161.